The van der Waals surface area contributed by atoms with Gasteiger partial charge in [0.1, 0.15) is 0 Å². The van der Waals surface area contributed by atoms with E-state index >= 15 is 0 Å². The van der Waals surface area contributed by atoms with Gasteiger partial charge in [-0.1, -0.05) is 34.8 Å². The van der Waals surface area contributed by atoms with Gasteiger partial charge in [-0.3, -0.25) is 4.79 Å². The molecule has 0 bridgehead atoms. The Morgan fingerprint density at radius 3 is 2.52 bits per heavy atom. The molecule has 0 fully saturated rings. The van der Waals surface area contributed by atoms with Gasteiger partial charge in [0.2, 0.25) is 0 Å². The van der Waals surface area contributed by atoms with Gasteiger partial charge >= 0.3 is 0 Å². The molecule has 3 rings (SSSR count). The van der Waals surface area contributed by atoms with Crippen LogP contribution in [0, 0.1) is 3.57 Å². The van der Waals surface area contributed by atoms with E-state index in [1.54, 1.807) is 30.5 Å². The molecule has 0 amide bonds. The smallest absolute Gasteiger partial charge is 0.195 e. The molecular formula is C15H7Cl3INO. The number of fused-ring (bicyclic) bond motifs is 1. The highest BCUT2D eigenvalue weighted by Crippen LogP contribution is 2.32. The van der Waals surface area contributed by atoms with Crippen molar-refractivity contribution in [2.75, 3.05) is 0 Å². The van der Waals surface area contributed by atoms with Crippen LogP contribution < -0.4 is 0 Å². The Bertz CT molecular complexity index is 873. The van der Waals surface area contributed by atoms with Crippen LogP contribution in [0.25, 0.3) is 10.9 Å². The molecule has 1 N–H and O–H groups in total. The summed E-state index contributed by atoms with van der Waals surface area (Å²) >= 11 is 20.4. The fourth-order valence-corrected chi connectivity index (χ4v) is 3.27. The Kier molecular flexibility index (Phi) is 4.19. The van der Waals surface area contributed by atoms with E-state index in [2.05, 4.69) is 27.6 Å². The third kappa shape index (κ3) is 2.80. The average Bonchev–Trinajstić information content (AvgIpc) is 2.85. The number of halogens is 4. The summed E-state index contributed by atoms with van der Waals surface area (Å²) in [6.07, 6.45) is 1.64. The molecule has 21 heavy (non-hydrogen) atoms. The van der Waals surface area contributed by atoms with Gasteiger partial charge in [-0.2, -0.15) is 0 Å². The number of carbonyl (C=O) groups excluding carboxylic acids is 1. The minimum absolute atomic E-state index is 0.135. The van der Waals surface area contributed by atoms with Crippen LogP contribution in [-0.2, 0) is 0 Å². The second-order valence-corrected chi connectivity index (χ2v) is 6.88. The molecule has 2 nitrogen and oxygen atoms in total. The van der Waals surface area contributed by atoms with Crippen LogP contribution in [-0.4, -0.2) is 10.8 Å². The van der Waals surface area contributed by atoms with E-state index in [1.807, 2.05) is 6.07 Å². The Morgan fingerprint density at radius 2 is 1.81 bits per heavy atom. The van der Waals surface area contributed by atoms with Crippen LogP contribution in [0.1, 0.15) is 15.9 Å². The number of carbonyl (C=O) groups is 1. The number of aromatic nitrogens is 1. The van der Waals surface area contributed by atoms with Gasteiger partial charge in [0, 0.05) is 36.8 Å². The molecule has 0 aliphatic carbocycles. The lowest BCUT2D eigenvalue weighted by Gasteiger charge is -2.03. The van der Waals surface area contributed by atoms with E-state index in [4.69, 9.17) is 34.8 Å². The summed E-state index contributed by atoms with van der Waals surface area (Å²) in [6.45, 7) is 0. The zero-order valence-corrected chi connectivity index (χ0v) is 14.8. The van der Waals surface area contributed by atoms with Crippen molar-refractivity contribution < 1.29 is 4.79 Å². The van der Waals surface area contributed by atoms with Crippen LogP contribution in [0.3, 0.4) is 0 Å². The first-order valence-electron chi connectivity index (χ1n) is 5.93. The number of rotatable bonds is 2. The normalized spacial score (nSPS) is 11.0. The molecule has 3 aromatic rings. The lowest BCUT2D eigenvalue weighted by atomic mass is 10.0. The van der Waals surface area contributed by atoms with Gasteiger partial charge in [-0.25, -0.2) is 0 Å². The summed E-state index contributed by atoms with van der Waals surface area (Å²) in [7, 11) is 0. The van der Waals surface area contributed by atoms with Crippen LogP contribution in [0.5, 0.6) is 0 Å². The number of hydrogen-bond donors (Lipinski definition) is 1. The van der Waals surface area contributed by atoms with Gasteiger partial charge in [0.25, 0.3) is 0 Å². The van der Waals surface area contributed by atoms with Gasteiger partial charge in [-0.15, -0.1) is 0 Å². The second kappa shape index (κ2) is 5.80. The molecule has 0 saturated carbocycles. The van der Waals surface area contributed by atoms with Gasteiger partial charge in [-0.05, 0) is 52.9 Å². The van der Waals surface area contributed by atoms with Crippen molar-refractivity contribution in [3.63, 3.8) is 0 Å². The predicted molar refractivity (Wildman–Crippen MR) is 95.9 cm³/mol. The first kappa shape index (κ1) is 15.2. The van der Waals surface area contributed by atoms with Crippen LogP contribution in [0.2, 0.25) is 15.1 Å². The van der Waals surface area contributed by atoms with Gasteiger partial charge < -0.3 is 4.98 Å². The highest BCUT2D eigenvalue weighted by Gasteiger charge is 2.17. The molecule has 0 radical (unpaired) electrons. The van der Waals surface area contributed by atoms with E-state index in [0.29, 0.717) is 31.6 Å². The molecular weight excluding hydrogens is 443 g/mol. The number of hydrogen-bond acceptors (Lipinski definition) is 1. The van der Waals surface area contributed by atoms with Crippen molar-refractivity contribution in [3.8, 4) is 0 Å². The number of benzene rings is 2. The molecule has 0 atom stereocenters. The Morgan fingerprint density at radius 1 is 1.05 bits per heavy atom. The maximum absolute atomic E-state index is 12.6. The maximum Gasteiger partial charge on any atom is 0.195 e. The summed E-state index contributed by atoms with van der Waals surface area (Å²) in [5.74, 6) is -0.135. The molecule has 1 aromatic heterocycles. The van der Waals surface area contributed by atoms with Crippen molar-refractivity contribution in [2.45, 2.75) is 0 Å². The van der Waals surface area contributed by atoms with Crippen molar-refractivity contribution >= 4 is 74.1 Å². The number of ketones is 1. The van der Waals surface area contributed by atoms with Gasteiger partial charge in [0.15, 0.2) is 5.78 Å². The van der Waals surface area contributed by atoms with Crippen molar-refractivity contribution in [1.82, 2.24) is 4.98 Å². The summed E-state index contributed by atoms with van der Waals surface area (Å²) in [4.78, 5) is 15.7. The topological polar surface area (TPSA) is 32.9 Å². The van der Waals surface area contributed by atoms with Crippen molar-refractivity contribution in [2.24, 2.45) is 0 Å². The highest BCUT2D eigenvalue weighted by atomic mass is 127. The molecule has 0 spiro atoms. The summed E-state index contributed by atoms with van der Waals surface area (Å²) in [6, 6.07) is 8.58. The fraction of sp³-hybridized carbons (Fsp3) is 0. The Hall–Kier alpha value is -0.750. The first-order valence-corrected chi connectivity index (χ1v) is 8.14. The molecule has 6 heteroatoms. The molecule has 0 unspecified atom stereocenters. The summed E-state index contributed by atoms with van der Waals surface area (Å²) in [5.41, 5.74) is 1.75. The summed E-state index contributed by atoms with van der Waals surface area (Å²) in [5, 5.41) is 2.18. The largest absolute Gasteiger partial charge is 0.360 e. The minimum Gasteiger partial charge on any atom is -0.360 e. The molecule has 0 aliphatic rings. The predicted octanol–water partition coefficient (Wildman–Crippen LogP) is 5.96. The van der Waals surface area contributed by atoms with E-state index in [-0.39, 0.29) is 5.78 Å². The summed E-state index contributed by atoms with van der Waals surface area (Å²) < 4.78 is 0.898. The highest BCUT2D eigenvalue weighted by molar-refractivity contribution is 14.1. The van der Waals surface area contributed by atoms with Crippen molar-refractivity contribution in [3.05, 3.63) is 66.3 Å². The third-order valence-electron chi connectivity index (χ3n) is 3.12. The molecule has 106 valence electrons. The molecule has 1 heterocycles. The van der Waals surface area contributed by atoms with Crippen LogP contribution >= 0.6 is 57.4 Å². The third-order valence-corrected chi connectivity index (χ3v) is 5.21. The number of nitrogens with one attached hydrogen (secondary N) is 1. The first-order chi connectivity index (χ1) is 9.97. The minimum atomic E-state index is -0.135. The SMILES string of the molecule is O=C(c1ccc(I)c(Cl)c1)c1c[nH]c2cc(Cl)cc(Cl)c12. The van der Waals surface area contributed by atoms with Gasteiger partial charge in [0.05, 0.1) is 10.0 Å². The van der Waals surface area contributed by atoms with E-state index in [9.17, 15) is 4.79 Å². The zero-order valence-electron chi connectivity index (χ0n) is 10.4. The lowest BCUT2D eigenvalue weighted by Crippen LogP contribution is -2.00. The fourth-order valence-electron chi connectivity index (χ4n) is 2.16. The standard InChI is InChI=1S/C15H7Cl3INO/c16-8-4-11(18)14-9(6-20-13(14)5-8)15(21)7-1-2-12(19)10(17)3-7/h1-6,20H. The average molecular weight is 450 g/mol. The van der Waals surface area contributed by atoms with Crippen LogP contribution in [0.4, 0.5) is 0 Å². The van der Waals surface area contributed by atoms with E-state index < -0.39 is 0 Å². The van der Waals surface area contributed by atoms with Crippen LogP contribution in [0.15, 0.2) is 36.5 Å². The van der Waals surface area contributed by atoms with E-state index in [0.717, 1.165) is 9.09 Å². The monoisotopic (exact) mass is 449 g/mol. The number of aromatic amines is 1. The lowest BCUT2D eigenvalue weighted by molar-refractivity contribution is 0.104. The Balaban J connectivity index is 2.16. The zero-order chi connectivity index (χ0) is 15.1. The quantitative estimate of drug-likeness (QED) is 0.379. The Labute approximate surface area is 149 Å². The molecule has 0 saturated heterocycles. The molecule has 2 aromatic carbocycles. The maximum atomic E-state index is 12.6. The second-order valence-electron chi connectivity index (χ2n) is 4.47. The van der Waals surface area contributed by atoms with Crippen molar-refractivity contribution in [1.29, 1.82) is 0 Å². The number of H-pyrrole nitrogens is 1. The molecule has 0 aliphatic heterocycles. The van der Waals surface area contributed by atoms with E-state index in [1.165, 1.54) is 0 Å².